The molecule has 0 aliphatic carbocycles. The molecule has 0 saturated heterocycles. The molecule has 1 unspecified atom stereocenters. The van der Waals surface area contributed by atoms with E-state index in [2.05, 4.69) is 36.7 Å². The van der Waals surface area contributed by atoms with E-state index in [1.54, 1.807) is 11.3 Å². The zero-order valence-corrected chi connectivity index (χ0v) is 12.0. The first-order valence-corrected chi connectivity index (χ1v) is 6.76. The highest BCUT2D eigenvalue weighted by molar-refractivity contribution is 7.09. The third-order valence-corrected chi connectivity index (χ3v) is 4.05. The molecule has 100 valence electrons. The number of rotatable bonds is 2. The number of nitrogens with two attached hydrogens (primary N) is 1. The SMILES string of the molecule is C#CCN1C(=O)N=C(N)C1c1csc(C(C)(C)C)n1. The second-order valence-electron chi connectivity index (χ2n) is 5.38. The van der Waals surface area contributed by atoms with Crippen LogP contribution in [0.15, 0.2) is 10.4 Å². The number of urea groups is 1. The summed E-state index contributed by atoms with van der Waals surface area (Å²) in [5.41, 5.74) is 6.52. The van der Waals surface area contributed by atoms with Gasteiger partial charge in [0, 0.05) is 10.8 Å². The van der Waals surface area contributed by atoms with Crippen molar-refractivity contribution >= 4 is 23.2 Å². The van der Waals surface area contributed by atoms with Crippen molar-refractivity contribution in [2.24, 2.45) is 10.7 Å². The van der Waals surface area contributed by atoms with Crippen LogP contribution in [0.3, 0.4) is 0 Å². The van der Waals surface area contributed by atoms with E-state index in [9.17, 15) is 4.79 Å². The molecule has 2 heterocycles. The number of carbonyl (C=O) groups is 1. The van der Waals surface area contributed by atoms with E-state index < -0.39 is 12.1 Å². The Bertz CT molecular complexity index is 576. The fourth-order valence-electron chi connectivity index (χ4n) is 1.83. The van der Waals surface area contributed by atoms with Crippen LogP contribution in [0.2, 0.25) is 0 Å². The molecule has 0 spiro atoms. The molecular weight excluding hydrogens is 260 g/mol. The van der Waals surface area contributed by atoms with E-state index in [0.717, 1.165) is 10.7 Å². The number of nitrogens with zero attached hydrogens (tertiary/aromatic N) is 3. The van der Waals surface area contributed by atoms with E-state index in [1.165, 1.54) is 4.90 Å². The maximum absolute atomic E-state index is 11.7. The molecule has 1 aliphatic heterocycles. The standard InChI is InChI=1S/C13H16N4OS/c1-5-6-17-9(10(14)16-12(17)18)8-7-19-11(15-8)13(2,3)4/h1,7,9H,6H2,2-4H3,(H2,14,16,18). The summed E-state index contributed by atoms with van der Waals surface area (Å²) in [5, 5.41) is 2.91. The number of aliphatic imine (C=N–C) groups is 1. The number of hydrogen-bond donors (Lipinski definition) is 1. The monoisotopic (exact) mass is 276 g/mol. The van der Waals surface area contributed by atoms with Crippen LogP contribution in [-0.4, -0.2) is 28.3 Å². The van der Waals surface area contributed by atoms with Crippen molar-refractivity contribution in [1.29, 1.82) is 0 Å². The van der Waals surface area contributed by atoms with Crippen molar-refractivity contribution in [2.75, 3.05) is 6.54 Å². The number of carbonyl (C=O) groups excluding carboxylic acids is 1. The van der Waals surface area contributed by atoms with Gasteiger partial charge in [-0.2, -0.15) is 4.99 Å². The molecule has 1 atom stereocenters. The molecule has 2 rings (SSSR count). The van der Waals surface area contributed by atoms with Gasteiger partial charge in [0.1, 0.15) is 11.9 Å². The number of amides is 2. The van der Waals surface area contributed by atoms with Gasteiger partial charge >= 0.3 is 6.03 Å². The van der Waals surface area contributed by atoms with Crippen LogP contribution >= 0.6 is 11.3 Å². The van der Waals surface area contributed by atoms with Crippen LogP contribution in [0, 0.1) is 12.3 Å². The van der Waals surface area contributed by atoms with Crippen molar-refractivity contribution in [2.45, 2.75) is 32.2 Å². The lowest BCUT2D eigenvalue weighted by Crippen LogP contribution is -2.34. The largest absolute Gasteiger partial charge is 0.385 e. The smallest absolute Gasteiger partial charge is 0.347 e. The highest BCUT2D eigenvalue weighted by atomic mass is 32.1. The Balaban J connectivity index is 2.35. The number of hydrogen-bond acceptors (Lipinski definition) is 4. The second-order valence-corrected chi connectivity index (χ2v) is 6.24. The fourth-order valence-corrected chi connectivity index (χ4v) is 2.76. The predicted molar refractivity (Wildman–Crippen MR) is 76.1 cm³/mol. The maximum atomic E-state index is 11.7. The quantitative estimate of drug-likeness (QED) is 0.839. The van der Waals surface area contributed by atoms with Crippen LogP contribution < -0.4 is 5.73 Å². The van der Waals surface area contributed by atoms with Crippen LogP contribution in [0.1, 0.15) is 37.5 Å². The summed E-state index contributed by atoms with van der Waals surface area (Å²) in [7, 11) is 0. The van der Waals surface area contributed by atoms with Crippen LogP contribution in [-0.2, 0) is 5.41 Å². The topological polar surface area (TPSA) is 71.6 Å². The third kappa shape index (κ3) is 2.47. The summed E-state index contributed by atoms with van der Waals surface area (Å²) in [6.45, 7) is 6.44. The Morgan fingerprint density at radius 3 is 2.79 bits per heavy atom. The van der Waals surface area contributed by atoms with E-state index in [0.29, 0.717) is 0 Å². The summed E-state index contributed by atoms with van der Waals surface area (Å²) in [4.78, 5) is 21.5. The molecule has 0 bridgehead atoms. The molecule has 0 saturated carbocycles. The lowest BCUT2D eigenvalue weighted by atomic mass is 9.98. The van der Waals surface area contributed by atoms with Crippen LogP contribution in [0.4, 0.5) is 4.79 Å². The first-order chi connectivity index (χ1) is 8.84. The van der Waals surface area contributed by atoms with Crippen molar-refractivity contribution < 1.29 is 4.79 Å². The van der Waals surface area contributed by atoms with Gasteiger partial charge in [-0.1, -0.05) is 26.7 Å². The van der Waals surface area contributed by atoms with Gasteiger partial charge in [-0.3, -0.25) is 4.90 Å². The minimum atomic E-state index is -0.434. The average Bonchev–Trinajstić information content (AvgIpc) is 2.85. The van der Waals surface area contributed by atoms with Gasteiger partial charge in [0.25, 0.3) is 0 Å². The first kappa shape index (κ1) is 13.6. The molecule has 5 nitrogen and oxygen atoms in total. The Hall–Kier alpha value is -1.87. The molecule has 1 aromatic rings. The van der Waals surface area contributed by atoms with Gasteiger partial charge in [0.15, 0.2) is 0 Å². The molecule has 1 aromatic heterocycles. The summed E-state index contributed by atoms with van der Waals surface area (Å²) in [6, 6.07) is -0.832. The molecule has 6 heteroatoms. The van der Waals surface area contributed by atoms with Crippen molar-refractivity contribution in [1.82, 2.24) is 9.88 Å². The Morgan fingerprint density at radius 1 is 1.58 bits per heavy atom. The molecule has 0 aromatic carbocycles. The summed E-state index contributed by atoms with van der Waals surface area (Å²) < 4.78 is 0. The lowest BCUT2D eigenvalue weighted by Gasteiger charge is -2.20. The van der Waals surface area contributed by atoms with E-state index in [4.69, 9.17) is 12.2 Å². The maximum Gasteiger partial charge on any atom is 0.347 e. The Kier molecular flexibility index (Phi) is 3.33. The number of aromatic nitrogens is 1. The van der Waals surface area contributed by atoms with E-state index in [1.807, 2.05) is 5.38 Å². The molecule has 19 heavy (non-hydrogen) atoms. The normalized spacial score (nSPS) is 19.5. The molecular formula is C13H16N4OS. The molecule has 2 amide bonds. The summed E-state index contributed by atoms with van der Waals surface area (Å²) in [5.74, 6) is 2.70. The van der Waals surface area contributed by atoms with E-state index in [-0.39, 0.29) is 17.8 Å². The highest BCUT2D eigenvalue weighted by Crippen LogP contribution is 2.31. The van der Waals surface area contributed by atoms with Gasteiger partial charge in [0.05, 0.1) is 17.2 Å². The Labute approximate surface area is 116 Å². The van der Waals surface area contributed by atoms with Crippen molar-refractivity contribution in [3.8, 4) is 12.3 Å². The highest BCUT2D eigenvalue weighted by Gasteiger charge is 2.36. The van der Waals surface area contributed by atoms with Crippen molar-refractivity contribution in [3.63, 3.8) is 0 Å². The fraction of sp³-hybridized carbons (Fsp3) is 0.462. The molecule has 1 aliphatic rings. The second kappa shape index (κ2) is 4.67. The first-order valence-electron chi connectivity index (χ1n) is 5.88. The number of amidine groups is 1. The molecule has 2 N–H and O–H groups in total. The van der Waals surface area contributed by atoms with Gasteiger partial charge in [-0.25, -0.2) is 9.78 Å². The van der Waals surface area contributed by atoms with Gasteiger partial charge < -0.3 is 5.73 Å². The predicted octanol–water partition coefficient (Wildman–Crippen LogP) is 1.91. The lowest BCUT2D eigenvalue weighted by molar-refractivity contribution is 0.213. The zero-order valence-electron chi connectivity index (χ0n) is 11.2. The zero-order chi connectivity index (χ0) is 14.2. The van der Waals surface area contributed by atoms with Gasteiger partial charge in [-0.05, 0) is 0 Å². The minimum absolute atomic E-state index is 0.0334. The van der Waals surface area contributed by atoms with Crippen LogP contribution in [0.5, 0.6) is 0 Å². The molecule has 0 fully saturated rings. The van der Waals surface area contributed by atoms with Crippen molar-refractivity contribution in [3.05, 3.63) is 16.1 Å². The van der Waals surface area contributed by atoms with Gasteiger partial charge in [0.2, 0.25) is 0 Å². The molecule has 0 radical (unpaired) electrons. The summed E-state index contributed by atoms with van der Waals surface area (Å²) >= 11 is 1.56. The third-order valence-electron chi connectivity index (χ3n) is 2.77. The Morgan fingerprint density at radius 2 is 2.26 bits per heavy atom. The van der Waals surface area contributed by atoms with E-state index >= 15 is 0 Å². The minimum Gasteiger partial charge on any atom is -0.385 e. The summed E-state index contributed by atoms with van der Waals surface area (Å²) in [6.07, 6.45) is 5.28. The van der Waals surface area contributed by atoms with Gasteiger partial charge in [-0.15, -0.1) is 17.8 Å². The number of terminal acetylenes is 1. The van der Waals surface area contributed by atoms with Crippen LogP contribution in [0.25, 0.3) is 0 Å². The number of thiazole rings is 1. The average molecular weight is 276 g/mol.